The van der Waals surface area contributed by atoms with Crippen LogP contribution in [0, 0.1) is 0 Å². The zero-order chi connectivity index (χ0) is 18.7. The van der Waals surface area contributed by atoms with E-state index in [-0.39, 0.29) is 6.10 Å². The minimum Gasteiger partial charge on any atom is -0.377 e. The lowest BCUT2D eigenvalue weighted by atomic mass is 10.1. The van der Waals surface area contributed by atoms with Gasteiger partial charge in [-0.3, -0.25) is 4.99 Å². The predicted molar refractivity (Wildman–Crippen MR) is 102 cm³/mol. The van der Waals surface area contributed by atoms with Crippen LogP contribution in [0.2, 0.25) is 0 Å². The largest absolute Gasteiger partial charge is 0.377 e. The van der Waals surface area contributed by atoms with Crippen LogP contribution in [0.4, 0.5) is 0 Å². The van der Waals surface area contributed by atoms with Gasteiger partial charge in [-0.1, -0.05) is 19.0 Å². The quantitative estimate of drug-likeness (QED) is 0.467. The molecule has 2 N–H and O–H groups in total. The predicted octanol–water partition coefficient (Wildman–Crippen LogP) is 1.82. The molecule has 0 saturated carbocycles. The van der Waals surface area contributed by atoms with Crippen molar-refractivity contribution in [2.45, 2.75) is 52.7 Å². The van der Waals surface area contributed by atoms with Crippen LogP contribution < -0.4 is 10.6 Å². The second-order valence-corrected chi connectivity index (χ2v) is 6.21. The molecule has 7 nitrogen and oxygen atoms in total. The molecule has 0 aromatic carbocycles. The van der Waals surface area contributed by atoms with Crippen molar-refractivity contribution in [2.24, 2.45) is 4.99 Å². The van der Waals surface area contributed by atoms with Crippen molar-refractivity contribution in [3.8, 4) is 0 Å². The Balaban J connectivity index is 2.55. The molecule has 1 atom stereocenters. The molecule has 25 heavy (non-hydrogen) atoms. The third-order valence-electron chi connectivity index (χ3n) is 4.06. The molecule has 0 aliphatic carbocycles. The standard InChI is InChI=1S/C18H35N5O2/c1-7-16-15(17(8-2)25-22-16)13-21-18(19-4)20-12-14(24-9-3)10-11-23(5)6/h14H,7-13H2,1-6H3,(H2,19,20,21). The minimum absolute atomic E-state index is 0.166. The first-order valence-corrected chi connectivity index (χ1v) is 9.22. The van der Waals surface area contributed by atoms with Gasteiger partial charge < -0.3 is 24.8 Å². The maximum absolute atomic E-state index is 5.81. The lowest BCUT2D eigenvalue weighted by Gasteiger charge is -2.21. The number of rotatable bonds is 11. The van der Waals surface area contributed by atoms with E-state index in [1.807, 2.05) is 6.92 Å². The van der Waals surface area contributed by atoms with Crippen LogP contribution >= 0.6 is 0 Å². The van der Waals surface area contributed by atoms with Crippen LogP contribution in [0.1, 0.15) is 44.2 Å². The average molecular weight is 354 g/mol. The fourth-order valence-corrected chi connectivity index (χ4v) is 2.62. The number of aliphatic imine (C=N–C) groups is 1. The maximum atomic E-state index is 5.81. The van der Waals surface area contributed by atoms with E-state index in [4.69, 9.17) is 9.26 Å². The molecule has 0 saturated heterocycles. The van der Waals surface area contributed by atoms with E-state index in [1.165, 1.54) is 0 Å². The lowest BCUT2D eigenvalue weighted by Crippen LogP contribution is -2.42. The normalized spacial score (nSPS) is 13.3. The molecule has 0 amide bonds. The van der Waals surface area contributed by atoms with Crippen LogP contribution in [0.15, 0.2) is 9.52 Å². The Bertz CT molecular complexity index is 492. The molecule has 144 valence electrons. The van der Waals surface area contributed by atoms with Crippen LogP contribution in [0.5, 0.6) is 0 Å². The molecule has 0 aliphatic heterocycles. The van der Waals surface area contributed by atoms with Crippen LogP contribution in [-0.4, -0.2) is 63.0 Å². The van der Waals surface area contributed by atoms with E-state index in [9.17, 15) is 0 Å². The number of nitrogens with one attached hydrogen (secondary N) is 2. The third-order valence-corrected chi connectivity index (χ3v) is 4.06. The van der Waals surface area contributed by atoms with Crippen molar-refractivity contribution in [3.63, 3.8) is 0 Å². The first-order valence-electron chi connectivity index (χ1n) is 9.22. The van der Waals surface area contributed by atoms with Crippen LogP contribution in [0.3, 0.4) is 0 Å². The highest BCUT2D eigenvalue weighted by Crippen LogP contribution is 2.15. The molecule has 0 radical (unpaired) electrons. The van der Waals surface area contributed by atoms with Gasteiger partial charge in [0.15, 0.2) is 5.96 Å². The summed E-state index contributed by atoms with van der Waals surface area (Å²) in [4.78, 5) is 6.47. The van der Waals surface area contributed by atoms with Gasteiger partial charge in [0, 0.05) is 45.3 Å². The second kappa shape index (κ2) is 11.9. The van der Waals surface area contributed by atoms with E-state index in [2.05, 4.69) is 53.6 Å². The van der Waals surface area contributed by atoms with E-state index < -0.39 is 0 Å². The molecule has 1 unspecified atom stereocenters. The molecule has 0 spiro atoms. The fraction of sp³-hybridized carbons (Fsp3) is 0.778. The van der Waals surface area contributed by atoms with Gasteiger partial charge >= 0.3 is 0 Å². The highest BCUT2D eigenvalue weighted by atomic mass is 16.5. The van der Waals surface area contributed by atoms with Crippen molar-refractivity contribution in [1.82, 2.24) is 20.7 Å². The molecule has 1 aromatic rings. The summed E-state index contributed by atoms with van der Waals surface area (Å²) in [6.45, 7) is 9.29. The number of aryl methyl sites for hydroxylation is 2. The van der Waals surface area contributed by atoms with Gasteiger partial charge in [0.1, 0.15) is 5.76 Å². The van der Waals surface area contributed by atoms with Crippen molar-refractivity contribution >= 4 is 5.96 Å². The molecule has 1 aromatic heterocycles. The molecular weight excluding hydrogens is 318 g/mol. The summed E-state index contributed by atoms with van der Waals surface area (Å²) in [6, 6.07) is 0. The molecule has 0 aliphatic rings. The van der Waals surface area contributed by atoms with E-state index in [1.54, 1.807) is 7.05 Å². The molecule has 1 rings (SSSR count). The molecule has 7 heteroatoms. The molecule has 0 fully saturated rings. The highest BCUT2D eigenvalue weighted by Gasteiger charge is 2.14. The minimum atomic E-state index is 0.166. The van der Waals surface area contributed by atoms with Gasteiger partial charge in [-0.25, -0.2) is 0 Å². The summed E-state index contributed by atoms with van der Waals surface area (Å²) in [5.41, 5.74) is 2.15. The van der Waals surface area contributed by atoms with Gasteiger partial charge in [-0.05, 0) is 33.9 Å². The van der Waals surface area contributed by atoms with Crippen molar-refractivity contribution in [3.05, 3.63) is 17.0 Å². The lowest BCUT2D eigenvalue weighted by molar-refractivity contribution is 0.0548. The van der Waals surface area contributed by atoms with Gasteiger partial charge in [0.25, 0.3) is 0 Å². The van der Waals surface area contributed by atoms with Gasteiger partial charge in [-0.2, -0.15) is 0 Å². The smallest absolute Gasteiger partial charge is 0.191 e. The zero-order valence-electron chi connectivity index (χ0n) is 16.7. The Morgan fingerprint density at radius 1 is 1.24 bits per heavy atom. The zero-order valence-corrected chi connectivity index (χ0v) is 16.7. The van der Waals surface area contributed by atoms with Crippen molar-refractivity contribution in [2.75, 3.05) is 40.8 Å². The SMILES string of the molecule is CCOC(CCN(C)C)CNC(=NC)NCc1c(CC)noc1CC. The number of hydrogen-bond acceptors (Lipinski definition) is 5. The van der Waals surface area contributed by atoms with E-state index in [0.29, 0.717) is 13.2 Å². The Labute approximate surface area is 152 Å². The number of nitrogens with zero attached hydrogens (tertiary/aromatic N) is 3. The summed E-state index contributed by atoms with van der Waals surface area (Å²) in [5.74, 6) is 1.71. The van der Waals surface area contributed by atoms with Crippen LogP contribution in [-0.2, 0) is 24.1 Å². The summed E-state index contributed by atoms with van der Waals surface area (Å²) in [5, 5.41) is 10.9. The third kappa shape index (κ3) is 7.44. The molecular formula is C18H35N5O2. The van der Waals surface area contributed by atoms with Gasteiger partial charge in [-0.15, -0.1) is 0 Å². The first-order chi connectivity index (χ1) is 12.0. The summed E-state index contributed by atoms with van der Waals surface area (Å²) < 4.78 is 11.2. The summed E-state index contributed by atoms with van der Waals surface area (Å²) in [6.07, 6.45) is 2.85. The summed E-state index contributed by atoms with van der Waals surface area (Å²) >= 11 is 0. The van der Waals surface area contributed by atoms with Crippen molar-refractivity contribution < 1.29 is 9.26 Å². The topological polar surface area (TPSA) is 74.9 Å². The van der Waals surface area contributed by atoms with Crippen molar-refractivity contribution in [1.29, 1.82) is 0 Å². The number of aromatic nitrogens is 1. The monoisotopic (exact) mass is 353 g/mol. The summed E-state index contributed by atoms with van der Waals surface area (Å²) in [7, 11) is 5.93. The Hall–Kier alpha value is -1.60. The second-order valence-electron chi connectivity index (χ2n) is 6.21. The average Bonchev–Trinajstić information content (AvgIpc) is 3.01. The van der Waals surface area contributed by atoms with E-state index >= 15 is 0 Å². The first kappa shape index (κ1) is 21.4. The highest BCUT2D eigenvalue weighted by molar-refractivity contribution is 5.79. The Kier molecular flexibility index (Phi) is 10.2. The molecule has 1 heterocycles. The van der Waals surface area contributed by atoms with Crippen LogP contribution in [0.25, 0.3) is 0 Å². The number of guanidine groups is 1. The number of hydrogen-bond donors (Lipinski definition) is 2. The van der Waals surface area contributed by atoms with Gasteiger partial charge in [0.2, 0.25) is 0 Å². The Morgan fingerprint density at radius 3 is 2.56 bits per heavy atom. The maximum Gasteiger partial charge on any atom is 0.191 e. The number of ether oxygens (including phenoxy) is 1. The fourth-order valence-electron chi connectivity index (χ4n) is 2.62. The van der Waals surface area contributed by atoms with Gasteiger partial charge in [0.05, 0.1) is 11.8 Å². The van der Waals surface area contributed by atoms with E-state index in [0.717, 1.165) is 55.3 Å². The molecule has 0 bridgehead atoms. The Morgan fingerprint density at radius 2 is 2.00 bits per heavy atom.